The maximum Gasteiger partial charge on any atom is 0.405 e. The molecule has 1 heterocycles. The predicted octanol–water partition coefficient (Wildman–Crippen LogP) is 2.24. The van der Waals surface area contributed by atoms with Crippen LogP contribution in [0, 0.1) is 0 Å². The van der Waals surface area contributed by atoms with Crippen LogP contribution in [0.2, 0.25) is 0 Å². The molecular weight excluding hydrogens is 223 g/mol. The summed E-state index contributed by atoms with van der Waals surface area (Å²) in [6.07, 6.45) is -2.14. The van der Waals surface area contributed by atoms with E-state index in [4.69, 9.17) is 4.74 Å². The molecule has 1 N–H and O–H groups in total. The topological polar surface area (TPSA) is 47.0 Å². The van der Waals surface area contributed by atoms with Gasteiger partial charge >= 0.3 is 6.18 Å². The van der Waals surface area contributed by atoms with Crippen LogP contribution < -0.4 is 10.1 Å². The molecule has 0 aliphatic carbocycles. The van der Waals surface area contributed by atoms with Crippen LogP contribution in [-0.2, 0) is 0 Å². The Morgan fingerprint density at radius 3 is 2.81 bits per heavy atom. The first kappa shape index (κ1) is 12.5. The lowest BCUT2D eigenvalue weighted by Crippen LogP contribution is -2.22. The molecule has 0 bridgehead atoms. The zero-order valence-corrected chi connectivity index (χ0v) is 8.71. The van der Waals surface area contributed by atoms with E-state index in [9.17, 15) is 13.2 Å². The average molecular weight is 235 g/mol. The normalized spacial score (nSPS) is 11.2. The van der Waals surface area contributed by atoms with Crippen molar-refractivity contribution in [2.75, 3.05) is 18.5 Å². The van der Waals surface area contributed by atoms with E-state index in [-0.39, 0.29) is 11.8 Å². The fourth-order valence-electron chi connectivity index (χ4n) is 0.894. The molecular formula is C9H12F3N3O. The third-order valence-electron chi connectivity index (χ3n) is 1.53. The largest absolute Gasteiger partial charge is 0.478 e. The van der Waals surface area contributed by atoms with Gasteiger partial charge in [-0.05, 0) is 6.42 Å². The maximum absolute atomic E-state index is 11.9. The number of ether oxygens (including phenoxy) is 1. The van der Waals surface area contributed by atoms with Gasteiger partial charge in [0, 0.05) is 12.3 Å². The van der Waals surface area contributed by atoms with E-state index < -0.39 is 12.7 Å². The van der Waals surface area contributed by atoms with Gasteiger partial charge in [-0.25, -0.2) is 4.98 Å². The lowest BCUT2D eigenvalue weighted by molar-refractivity contribution is -0.115. The van der Waals surface area contributed by atoms with Crippen LogP contribution in [0.4, 0.5) is 19.1 Å². The number of hydrogen-bond acceptors (Lipinski definition) is 4. The van der Waals surface area contributed by atoms with Gasteiger partial charge in [-0.1, -0.05) is 6.92 Å². The summed E-state index contributed by atoms with van der Waals surface area (Å²) in [7, 11) is 0. The molecule has 0 saturated heterocycles. The Kier molecular flexibility index (Phi) is 4.33. The zero-order chi connectivity index (χ0) is 12.0. The monoisotopic (exact) mass is 235 g/mol. The minimum absolute atomic E-state index is 0.0917. The van der Waals surface area contributed by atoms with E-state index in [1.807, 2.05) is 6.92 Å². The summed E-state index contributed by atoms with van der Waals surface area (Å²) in [5.41, 5.74) is 0. The lowest BCUT2D eigenvalue weighted by Gasteiger charge is -2.09. The molecule has 0 fully saturated rings. The Morgan fingerprint density at radius 1 is 1.44 bits per heavy atom. The van der Waals surface area contributed by atoms with Gasteiger partial charge in [-0.3, -0.25) is 0 Å². The summed E-state index contributed by atoms with van der Waals surface area (Å²) >= 11 is 0. The fraction of sp³-hybridized carbons (Fsp3) is 0.556. The molecule has 0 saturated carbocycles. The molecule has 0 aromatic carbocycles. The van der Waals surface area contributed by atoms with Crippen molar-refractivity contribution in [2.45, 2.75) is 19.5 Å². The smallest absolute Gasteiger partial charge is 0.405 e. The molecule has 0 aliphatic heterocycles. The number of nitrogens with one attached hydrogen (secondary N) is 1. The predicted molar refractivity (Wildman–Crippen MR) is 52.4 cm³/mol. The van der Waals surface area contributed by atoms with E-state index in [2.05, 4.69) is 15.3 Å². The van der Waals surface area contributed by atoms with Gasteiger partial charge < -0.3 is 10.1 Å². The summed E-state index contributed by atoms with van der Waals surface area (Å²) in [4.78, 5) is 7.42. The van der Waals surface area contributed by atoms with Crippen molar-refractivity contribution in [3.8, 4) is 5.88 Å². The second-order valence-electron chi connectivity index (χ2n) is 3.04. The molecule has 7 heteroatoms. The zero-order valence-electron chi connectivity index (χ0n) is 8.71. The number of anilines is 1. The fourth-order valence-corrected chi connectivity index (χ4v) is 0.894. The van der Waals surface area contributed by atoms with Crippen molar-refractivity contribution >= 4 is 5.95 Å². The van der Waals surface area contributed by atoms with Gasteiger partial charge in [0.2, 0.25) is 11.8 Å². The highest BCUT2D eigenvalue weighted by Gasteiger charge is 2.27. The molecule has 0 spiro atoms. The molecule has 1 aromatic rings. The molecule has 0 amide bonds. The molecule has 16 heavy (non-hydrogen) atoms. The number of alkyl halides is 3. The summed E-state index contributed by atoms with van der Waals surface area (Å²) in [5, 5.41) is 2.07. The highest BCUT2D eigenvalue weighted by Crippen LogP contribution is 2.15. The molecule has 0 aliphatic rings. The Hall–Kier alpha value is -1.53. The number of nitrogens with zero attached hydrogens (tertiary/aromatic N) is 2. The van der Waals surface area contributed by atoms with Gasteiger partial charge in [-0.15, -0.1) is 0 Å². The van der Waals surface area contributed by atoms with Gasteiger partial charge in [0.05, 0.1) is 6.61 Å². The summed E-state index contributed by atoms with van der Waals surface area (Å²) in [6, 6.07) is 1.49. The van der Waals surface area contributed by atoms with E-state index >= 15 is 0 Å². The number of halogens is 3. The second-order valence-corrected chi connectivity index (χ2v) is 3.04. The van der Waals surface area contributed by atoms with Gasteiger partial charge in [0.15, 0.2) is 0 Å². The SMILES string of the molecule is CCCOc1ccnc(NCC(F)(F)F)n1. The standard InChI is InChI=1S/C9H12F3N3O/c1-2-5-16-7-3-4-13-8(15-7)14-6-9(10,11)12/h3-4H,2,5-6H2,1H3,(H,13,14,15). The Morgan fingerprint density at radius 2 is 2.19 bits per heavy atom. The number of hydrogen-bond donors (Lipinski definition) is 1. The van der Waals surface area contributed by atoms with E-state index in [1.165, 1.54) is 12.3 Å². The summed E-state index contributed by atoms with van der Waals surface area (Å²) < 4.78 is 40.8. The number of rotatable bonds is 5. The molecule has 90 valence electrons. The summed E-state index contributed by atoms with van der Waals surface area (Å²) in [6.45, 7) is 1.23. The van der Waals surface area contributed by atoms with Crippen LogP contribution in [0.3, 0.4) is 0 Å². The van der Waals surface area contributed by atoms with E-state index in [0.29, 0.717) is 6.61 Å². The van der Waals surface area contributed by atoms with E-state index in [0.717, 1.165) is 6.42 Å². The van der Waals surface area contributed by atoms with Crippen molar-refractivity contribution < 1.29 is 17.9 Å². The van der Waals surface area contributed by atoms with Gasteiger partial charge in [0.1, 0.15) is 6.54 Å². The Bertz CT molecular complexity index is 330. The summed E-state index contributed by atoms with van der Waals surface area (Å²) in [5.74, 6) is 0.174. The highest BCUT2D eigenvalue weighted by atomic mass is 19.4. The van der Waals surface area contributed by atoms with Crippen LogP contribution >= 0.6 is 0 Å². The van der Waals surface area contributed by atoms with Crippen LogP contribution in [-0.4, -0.2) is 29.3 Å². The maximum atomic E-state index is 11.9. The Labute approximate surface area is 90.9 Å². The molecule has 1 aromatic heterocycles. The quantitative estimate of drug-likeness (QED) is 0.850. The van der Waals surface area contributed by atoms with Crippen molar-refractivity contribution in [3.63, 3.8) is 0 Å². The van der Waals surface area contributed by atoms with Gasteiger partial charge in [-0.2, -0.15) is 18.2 Å². The van der Waals surface area contributed by atoms with Crippen LogP contribution in [0.15, 0.2) is 12.3 Å². The first-order chi connectivity index (χ1) is 7.51. The minimum Gasteiger partial charge on any atom is -0.478 e. The molecule has 4 nitrogen and oxygen atoms in total. The molecule has 0 unspecified atom stereocenters. The Balaban J connectivity index is 2.53. The highest BCUT2D eigenvalue weighted by molar-refractivity contribution is 5.27. The lowest BCUT2D eigenvalue weighted by atomic mass is 10.5. The van der Waals surface area contributed by atoms with Crippen molar-refractivity contribution in [1.29, 1.82) is 0 Å². The van der Waals surface area contributed by atoms with Crippen molar-refractivity contribution in [2.24, 2.45) is 0 Å². The number of aromatic nitrogens is 2. The van der Waals surface area contributed by atoms with Gasteiger partial charge in [0.25, 0.3) is 0 Å². The molecule has 1 rings (SSSR count). The molecule has 0 radical (unpaired) electrons. The first-order valence-electron chi connectivity index (χ1n) is 4.77. The van der Waals surface area contributed by atoms with E-state index in [1.54, 1.807) is 0 Å². The second kappa shape index (κ2) is 5.53. The average Bonchev–Trinajstić information content (AvgIpc) is 2.23. The minimum atomic E-state index is -4.29. The van der Waals surface area contributed by atoms with Crippen molar-refractivity contribution in [3.05, 3.63) is 12.3 Å². The van der Waals surface area contributed by atoms with Crippen LogP contribution in [0.5, 0.6) is 5.88 Å². The molecule has 0 atom stereocenters. The van der Waals surface area contributed by atoms with Crippen LogP contribution in [0.25, 0.3) is 0 Å². The van der Waals surface area contributed by atoms with Crippen LogP contribution in [0.1, 0.15) is 13.3 Å². The first-order valence-corrected chi connectivity index (χ1v) is 4.77. The van der Waals surface area contributed by atoms with Crippen molar-refractivity contribution in [1.82, 2.24) is 9.97 Å². The third-order valence-corrected chi connectivity index (χ3v) is 1.53. The third kappa shape index (κ3) is 4.81.